The molecule has 0 fully saturated rings. The van der Waals surface area contributed by atoms with Gasteiger partial charge in [-0.15, -0.1) is 0 Å². The Bertz CT molecular complexity index is 1070. The van der Waals surface area contributed by atoms with Crippen LogP contribution in [0.4, 0.5) is 0 Å². The topological polar surface area (TPSA) is 106 Å². The molecule has 2 heterocycles. The van der Waals surface area contributed by atoms with E-state index in [0.717, 1.165) is 28.2 Å². The van der Waals surface area contributed by atoms with Crippen LogP contribution in [0.2, 0.25) is 0 Å². The maximum absolute atomic E-state index is 12.1. The van der Waals surface area contributed by atoms with E-state index in [9.17, 15) is 4.79 Å². The third kappa shape index (κ3) is 4.60. The molecule has 1 amide bonds. The van der Waals surface area contributed by atoms with Gasteiger partial charge in [-0.2, -0.15) is 4.98 Å². The average molecular weight is 391 g/mol. The molecular formula is C21H21N5O3. The summed E-state index contributed by atoms with van der Waals surface area (Å²) in [6, 6.07) is 15.2. The van der Waals surface area contributed by atoms with E-state index in [4.69, 9.17) is 9.26 Å². The number of methoxy groups -OCH3 is 1. The number of carbonyl (C=O) groups excluding carboxylic acids is 1. The van der Waals surface area contributed by atoms with Crippen LogP contribution in [0.1, 0.15) is 18.1 Å². The number of benzene rings is 2. The van der Waals surface area contributed by atoms with Crippen molar-refractivity contribution in [1.29, 1.82) is 0 Å². The van der Waals surface area contributed by atoms with Crippen molar-refractivity contribution in [2.24, 2.45) is 0 Å². The van der Waals surface area contributed by atoms with Gasteiger partial charge in [0.2, 0.25) is 17.6 Å². The maximum Gasteiger partial charge on any atom is 0.227 e. The van der Waals surface area contributed by atoms with E-state index >= 15 is 0 Å². The molecule has 0 aliphatic carbocycles. The SMILES string of the molecule is COc1ccc(-c2noc(CCC(=O)NCCc3nc4ccccc4[nH]3)n2)cc1. The predicted octanol–water partition coefficient (Wildman–Crippen LogP) is 2.91. The van der Waals surface area contributed by atoms with E-state index in [2.05, 4.69) is 25.4 Å². The van der Waals surface area contributed by atoms with Crippen LogP contribution in [-0.2, 0) is 17.6 Å². The van der Waals surface area contributed by atoms with Crippen molar-refractivity contribution in [3.05, 3.63) is 60.2 Å². The molecule has 8 nitrogen and oxygen atoms in total. The largest absolute Gasteiger partial charge is 0.497 e. The monoisotopic (exact) mass is 391 g/mol. The lowest BCUT2D eigenvalue weighted by atomic mass is 10.2. The second-order valence-electron chi connectivity index (χ2n) is 6.54. The summed E-state index contributed by atoms with van der Waals surface area (Å²) < 4.78 is 10.4. The third-order valence-electron chi connectivity index (χ3n) is 4.50. The van der Waals surface area contributed by atoms with Gasteiger partial charge in [-0.1, -0.05) is 17.3 Å². The van der Waals surface area contributed by atoms with Crippen LogP contribution in [0.3, 0.4) is 0 Å². The number of fused-ring (bicyclic) bond motifs is 1. The summed E-state index contributed by atoms with van der Waals surface area (Å²) in [4.78, 5) is 24.2. The molecule has 0 aliphatic rings. The Kier molecular flexibility index (Phi) is 5.51. The molecule has 29 heavy (non-hydrogen) atoms. The van der Waals surface area contributed by atoms with Crippen LogP contribution in [0.5, 0.6) is 5.75 Å². The Morgan fingerprint density at radius 3 is 2.72 bits per heavy atom. The first-order valence-corrected chi connectivity index (χ1v) is 9.38. The van der Waals surface area contributed by atoms with Gasteiger partial charge in [-0.3, -0.25) is 4.79 Å². The third-order valence-corrected chi connectivity index (χ3v) is 4.50. The normalized spacial score (nSPS) is 10.9. The average Bonchev–Trinajstić information content (AvgIpc) is 3.39. The number of para-hydroxylation sites is 2. The van der Waals surface area contributed by atoms with Gasteiger partial charge in [0.1, 0.15) is 11.6 Å². The first-order valence-electron chi connectivity index (χ1n) is 9.38. The van der Waals surface area contributed by atoms with Crippen LogP contribution in [0.15, 0.2) is 53.1 Å². The number of carbonyl (C=O) groups is 1. The van der Waals surface area contributed by atoms with Crippen molar-refractivity contribution < 1.29 is 14.1 Å². The number of aromatic nitrogens is 4. The number of nitrogens with one attached hydrogen (secondary N) is 2. The minimum absolute atomic E-state index is 0.0645. The number of nitrogens with zero attached hydrogens (tertiary/aromatic N) is 3. The molecule has 0 spiro atoms. The Balaban J connectivity index is 1.23. The van der Waals surface area contributed by atoms with E-state index in [1.54, 1.807) is 7.11 Å². The number of H-pyrrole nitrogens is 1. The summed E-state index contributed by atoms with van der Waals surface area (Å²) in [6.45, 7) is 0.513. The zero-order valence-electron chi connectivity index (χ0n) is 16.0. The zero-order chi connectivity index (χ0) is 20.1. The van der Waals surface area contributed by atoms with Gasteiger partial charge < -0.3 is 19.6 Å². The number of amides is 1. The van der Waals surface area contributed by atoms with Gasteiger partial charge in [0.25, 0.3) is 0 Å². The standard InChI is InChI=1S/C21H21N5O3/c1-28-15-8-6-14(7-9-15)21-25-20(29-26-21)11-10-19(27)22-13-12-18-23-16-4-2-3-5-17(16)24-18/h2-9H,10-13H2,1H3,(H,22,27)(H,23,24). The molecule has 4 rings (SSSR count). The van der Waals surface area contributed by atoms with Crippen molar-refractivity contribution in [3.8, 4) is 17.1 Å². The molecule has 148 valence electrons. The summed E-state index contributed by atoms with van der Waals surface area (Å²) in [5.41, 5.74) is 2.76. The molecule has 0 saturated heterocycles. The van der Waals surface area contributed by atoms with Crippen LogP contribution in [0, 0.1) is 0 Å². The Morgan fingerprint density at radius 1 is 1.10 bits per heavy atom. The molecular weight excluding hydrogens is 370 g/mol. The van der Waals surface area contributed by atoms with Crippen molar-refractivity contribution >= 4 is 16.9 Å². The fourth-order valence-electron chi connectivity index (χ4n) is 2.97. The zero-order valence-corrected chi connectivity index (χ0v) is 16.0. The van der Waals surface area contributed by atoms with Gasteiger partial charge in [0, 0.05) is 31.4 Å². The van der Waals surface area contributed by atoms with Crippen LogP contribution in [-0.4, -0.2) is 39.7 Å². The minimum Gasteiger partial charge on any atom is -0.497 e. The van der Waals surface area contributed by atoms with Gasteiger partial charge in [0.15, 0.2) is 0 Å². The molecule has 2 N–H and O–H groups in total. The molecule has 0 bridgehead atoms. The molecule has 0 radical (unpaired) electrons. The van der Waals surface area contributed by atoms with Gasteiger partial charge in [-0.05, 0) is 36.4 Å². The number of rotatable bonds is 8. The molecule has 2 aromatic heterocycles. The highest BCUT2D eigenvalue weighted by Crippen LogP contribution is 2.20. The first-order chi connectivity index (χ1) is 14.2. The van der Waals surface area contributed by atoms with Gasteiger partial charge in [0.05, 0.1) is 18.1 Å². The summed E-state index contributed by atoms with van der Waals surface area (Å²) >= 11 is 0. The van der Waals surface area contributed by atoms with E-state index in [0.29, 0.717) is 31.1 Å². The summed E-state index contributed by atoms with van der Waals surface area (Å²) in [6.07, 6.45) is 1.31. The fourth-order valence-corrected chi connectivity index (χ4v) is 2.97. The lowest BCUT2D eigenvalue weighted by Crippen LogP contribution is -2.26. The molecule has 2 aromatic carbocycles. The van der Waals surface area contributed by atoms with Gasteiger partial charge in [-0.25, -0.2) is 4.98 Å². The number of ether oxygens (including phenoxy) is 1. The molecule has 8 heteroatoms. The molecule has 4 aromatic rings. The van der Waals surface area contributed by atoms with Crippen molar-refractivity contribution in [2.75, 3.05) is 13.7 Å². The quantitative estimate of drug-likeness (QED) is 0.478. The van der Waals surface area contributed by atoms with E-state index in [-0.39, 0.29) is 12.3 Å². The predicted molar refractivity (Wildman–Crippen MR) is 107 cm³/mol. The lowest BCUT2D eigenvalue weighted by molar-refractivity contribution is -0.121. The highest BCUT2D eigenvalue weighted by molar-refractivity contribution is 5.76. The van der Waals surface area contributed by atoms with Crippen molar-refractivity contribution in [3.63, 3.8) is 0 Å². The van der Waals surface area contributed by atoms with Crippen molar-refractivity contribution in [2.45, 2.75) is 19.3 Å². The Morgan fingerprint density at radius 2 is 1.93 bits per heavy atom. The molecule has 0 saturated carbocycles. The van der Waals surface area contributed by atoms with Crippen LogP contribution < -0.4 is 10.1 Å². The lowest BCUT2D eigenvalue weighted by Gasteiger charge is -2.02. The van der Waals surface area contributed by atoms with Gasteiger partial charge >= 0.3 is 0 Å². The summed E-state index contributed by atoms with van der Waals surface area (Å²) in [5.74, 6) is 2.48. The minimum atomic E-state index is -0.0645. The van der Waals surface area contributed by atoms with E-state index in [1.807, 2.05) is 48.5 Å². The van der Waals surface area contributed by atoms with E-state index in [1.165, 1.54) is 0 Å². The highest BCUT2D eigenvalue weighted by Gasteiger charge is 2.11. The van der Waals surface area contributed by atoms with Crippen LogP contribution in [0.25, 0.3) is 22.4 Å². The summed E-state index contributed by atoms with van der Waals surface area (Å²) in [7, 11) is 1.61. The molecule has 0 unspecified atom stereocenters. The second-order valence-corrected chi connectivity index (χ2v) is 6.54. The Labute approximate surface area is 167 Å². The molecule has 0 atom stereocenters. The number of imidazole rings is 1. The van der Waals surface area contributed by atoms with Crippen LogP contribution >= 0.6 is 0 Å². The number of hydrogen-bond donors (Lipinski definition) is 2. The fraction of sp³-hybridized carbons (Fsp3) is 0.238. The van der Waals surface area contributed by atoms with Crippen molar-refractivity contribution in [1.82, 2.24) is 25.4 Å². The highest BCUT2D eigenvalue weighted by atomic mass is 16.5. The molecule has 0 aliphatic heterocycles. The maximum atomic E-state index is 12.1. The summed E-state index contributed by atoms with van der Waals surface area (Å²) in [5, 5.41) is 6.87. The Hall–Kier alpha value is -3.68. The number of aromatic amines is 1. The number of aryl methyl sites for hydroxylation is 1. The second kappa shape index (κ2) is 8.55. The van der Waals surface area contributed by atoms with E-state index < -0.39 is 0 Å². The number of hydrogen-bond acceptors (Lipinski definition) is 6. The smallest absolute Gasteiger partial charge is 0.227 e. The first kappa shape index (κ1) is 18.7.